The Morgan fingerprint density at radius 2 is 1.78 bits per heavy atom. The quantitative estimate of drug-likeness (QED) is 0.523. The van der Waals surface area contributed by atoms with Crippen LogP contribution in [0.2, 0.25) is 0 Å². The number of rotatable bonds is 1. The second kappa shape index (κ2) is 10.4. The molecule has 0 aromatic heterocycles. The Hall–Kier alpha value is -0.590. The van der Waals surface area contributed by atoms with E-state index in [1.807, 2.05) is 13.0 Å². The fraction of sp³-hybridized carbons (Fsp3) is 0.625. The minimum atomic E-state index is 0.609. The van der Waals surface area contributed by atoms with E-state index in [9.17, 15) is 0 Å². The average molecular weight is 127 g/mol. The summed E-state index contributed by atoms with van der Waals surface area (Å²) in [7, 11) is 0. The van der Waals surface area contributed by atoms with Crippen LogP contribution in [-0.4, -0.2) is 5.71 Å². The molecule has 0 unspecified atom stereocenters. The van der Waals surface area contributed by atoms with Crippen molar-refractivity contribution in [3.8, 4) is 0 Å². The fourth-order valence-corrected chi connectivity index (χ4v) is 0.250. The van der Waals surface area contributed by atoms with Gasteiger partial charge in [-0.05, 0) is 19.9 Å². The predicted molar refractivity (Wildman–Crippen MR) is 44.2 cm³/mol. The van der Waals surface area contributed by atoms with Gasteiger partial charge in [0.25, 0.3) is 0 Å². The van der Waals surface area contributed by atoms with Crippen molar-refractivity contribution < 1.29 is 0 Å². The van der Waals surface area contributed by atoms with Crippen LogP contribution in [0.4, 0.5) is 0 Å². The summed E-state index contributed by atoms with van der Waals surface area (Å²) in [5.41, 5.74) is 0.609. The maximum atomic E-state index is 6.81. The molecule has 1 N–H and O–H groups in total. The van der Waals surface area contributed by atoms with Crippen LogP contribution in [0.15, 0.2) is 12.2 Å². The lowest BCUT2D eigenvalue weighted by molar-refractivity contribution is 1.09. The van der Waals surface area contributed by atoms with Crippen molar-refractivity contribution in [2.75, 3.05) is 0 Å². The van der Waals surface area contributed by atoms with Crippen molar-refractivity contribution in [3.63, 3.8) is 0 Å². The van der Waals surface area contributed by atoms with Crippen LogP contribution in [0.25, 0.3) is 0 Å². The molecule has 1 nitrogen and oxygen atoms in total. The molecule has 0 amide bonds. The SMILES string of the molecule is C/C=C\C(C)=N.CCC. The van der Waals surface area contributed by atoms with E-state index in [4.69, 9.17) is 5.41 Å². The molecule has 0 aliphatic rings. The van der Waals surface area contributed by atoms with Crippen LogP contribution in [-0.2, 0) is 0 Å². The first-order valence-electron chi connectivity index (χ1n) is 3.36. The molecule has 0 aliphatic carbocycles. The molecular formula is C8H17N. The van der Waals surface area contributed by atoms with Gasteiger partial charge in [0.05, 0.1) is 0 Å². The minimum absolute atomic E-state index is 0.609. The Kier molecular flexibility index (Phi) is 13.0. The van der Waals surface area contributed by atoms with Gasteiger partial charge in [-0.3, -0.25) is 0 Å². The molecule has 0 fully saturated rings. The monoisotopic (exact) mass is 127 g/mol. The van der Waals surface area contributed by atoms with E-state index < -0.39 is 0 Å². The average Bonchev–Trinajstić information content (AvgIpc) is 1.67. The van der Waals surface area contributed by atoms with Crippen molar-refractivity contribution in [3.05, 3.63) is 12.2 Å². The standard InChI is InChI=1S/C5H9N.C3H8/c1-3-4-5(2)6;1-3-2/h3-4,6H,1-2H3;3H2,1-2H3/b4-3-,6-5?;. The first-order chi connectivity index (χ1) is 4.18. The highest BCUT2D eigenvalue weighted by Crippen LogP contribution is 1.70. The predicted octanol–water partition coefficient (Wildman–Crippen LogP) is 3.02. The van der Waals surface area contributed by atoms with E-state index in [2.05, 4.69) is 13.8 Å². The maximum Gasteiger partial charge on any atom is 0.0279 e. The summed E-state index contributed by atoms with van der Waals surface area (Å²) in [6.07, 6.45) is 4.85. The molecular weight excluding hydrogens is 110 g/mol. The first kappa shape index (κ1) is 11.2. The van der Waals surface area contributed by atoms with Crippen molar-refractivity contribution in [2.45, 2.75) is 34.1 Å². The van der Waals surface area contributed by atoms with E-state index in [-0.39, 0.29) is 0 Å². The van der Waals surface area contributed by atoms with E-state index >= 15 is 0 Å². The molecule has 1 heteroatoms. The van der Waals surface area contributed by atoms with Crippen LogP contribution in [0, 0.1) is 5.41 Å². The Labute approximate surface area is 58.3 Å². The van der Waals surface area contributed by atoms with Gasteiger partial charge >= 0.3 is 0 Å². The lowest BCUT2D eigenvalue weighted by Crippen LogP contribution is -1.74. The molecule has 0 aromatic carbocycles. The third-order valence-electron chi connectivity index (χ3n) is 0.417. The maximum absolute atomic E-state index is 6.81. The van der Waals surface area contributed by atoms with Gasteiger partial charge in [-0.1, -0.05) is 26.3 Å². The zero-order valence-corrected chi connectivity index (χ0v) is 6.86. The van der Waals surface area contributed by atoms with Gasteiger partial charge in [-0.2, -0.15) is 0 Å². The lowest BCUT2D eigenvalue weighted by atomic mass is 10.4. The van der Waals surface area contributed by atoms with Crippen LogP contribution in [0.1, 0.15) is 34.1 Å². The summed E-state index contributed by atoms with van der Waals surface area (Å²) in [5.74, 6) is 0. The first-order valence-corrected chi connectivity index (χ1v) is 3.36. The Morgan fingerprint density at radius 1 is 1.44 bits per heavy atom. The van der Waals surface area contributed by atoms with Gasteiger partial charge in [0.1, 0.15) is 0 Å². The van der Waals surface area contributed by atoms with Crippen molar-refractivity contribution in [1.82, 2.24) is 0 Å². The molecule has 0 heterocycles. The second-order valence-electron chi connectivity index (χ2n) is 1.89. The van der Waals surface area contributed by atoms with Crippen LogP contribution < -0.4 is 0 Å². The van der Waals surface area contributed by atoms with E-state index in [1.165, 1.54) is 6.42 Å². The fourth-order valence-electron chi connectivity index (χ4n) is 0.250. The number of allylic oxidation sites excluding steroid dienone is 2. The topological polar surface area (TPSA) is 23.9 Å². The molecule has 0 rings (SSSR count). The van der Waals surface area contributed by atoms with E-state index in [1.54, 1.807) is 13.0 Å². The van der Waals surface area contributed by atoms with Crippen LogP contribution in [0.5, 0.6) is 0 Å². The van der Waals surface area contributed by atoms with Gasteiger partial charge in [-0.25, -0.2) is 0 Å². The number of hydrogen-bond donors (Lipinski definition) is 1. The molecule has 0 aliphatic heterocycles. The smallest absolute Gasteiger partial charge is 0.0279 e. The zero-order valence-electron chi connectivity index (χ0n) is 6.86. The van der Waals surface area contributed by atoms with Gasteiger partial charge in [0.2, 0.25) is 0 Å². The Morgan fingerprint density at radius 3 is 1.78 bits per heavy atom. The summed E-state index contributed by atoms with van der Waals surface area (Å²) in [6, 6.07) is 0. The molecule has 54 valence electrons. The van der Waals surface area contributed by atoms with E-state index in [0.717, 1.165) is 0 Å². The minimum Gasteiger partial charge on any atom is -0.306 e. The molecule has 0 saturated heterocycles. The summed E-state index contributed by atoms with van der Waals surface area (Å²) < 4.78 is 0. The second-order valence-corrected chi connectivity index (χ2v) is 1.89. The van der Waals surface area contributed by atoms with Crippen molar-refractivity contribution in [2.24, 2.45) is 0 Å². The number of hydrogen-bond acceptors (Lipinski definition) is 1. The largest absolute Gasteiger partial charge is 0.306 e. The highest BCUT2D eigenvalue weighted by Gasteiger charge is 1.66. The van der Waals surface area contributed by atoms with Crippen molar-refractivity contribution >= 4 is 5.71 Å². The highest BCUT2D eigenvalue weighted by atomic mass is 14.4. The third-order valence-corrected chi connectivity index (χ3v) is 0.417. The molecule has 9 heavy (non-hydrogen) atoms. The molecule has 0 saturated carbocycles. The van der Waals surface area contributed by atoms with Crippen LogP contribution in [0.3, 0.4) is 0 Å². The Bertz CT molecular complexity index is 82.6. The lowest BCUT2D eigenvalue weighted by Gasteiger charge is -1.73. The third kappa shape index (κ3) is 37.3. The summed E-state index contributed by atoms with van der Waals surface area (Å²) in [6.45, 7) is 7.90. The summed E-state index contributed by atoms with van der Waals surface area (Å²) in [5, 5.41) is 6.81. The van der Waals surface area contributed by atoms with Gasteiger partial charge in [0, 0.05) is 5.71 Å². The molecule has 0 bridgehead atoms. The van der Waals surface area contributed by atoms with Crippen molar-refractivity contribution in [1.29, 1.82) is 5.41 Å². The summed E-state index contributed by atoms with van der Waals surface area (Å²) >= 11 is 0. The zero-order chi connectivity index (χ0) is 7.70. The van der Waals surface area contributed by atoms with Gasteiger partial charge in [-0.15, -0.1) is 0 Å². The summed E-state index contributed by atoms with van der Waals surface area (Å²) in [4.78, 5) is 0. The Balaban J connectivity index is 0. The van der Waals surface area contributed by atoms with E-state index in [0.29, 0.717) is 5.71 Å². The van der Waals surface area contributed by atoms with Gasteiger partial charge < -0.3 is 5.41 Å². The van der Waals surface area contributed by atoms with Gasteiger partial charge in [0.15, 0.2) is 0 Å². The number of nitrogens with one attached hydrogen (secondary N) is 1. The molecule has 0 atom stereocenters. The molecule has 0 radical (unpaired) electrons. The highest BCUT2D eigenvalue weighted by molar-refractivity contribution is 5.89. The molecule has 0 aromatic rings. The van der Waals surface area contributed by atoms with Crippen LogP contribution >= 0.6 is 0 Å². The normalized spacial score (nSPS) is 8.44. The molecule has 0 spiro atoms.